The average Bonchev–Trinajstić information content (AvgIpc) is 2.81. The van der Waals surface area contributed by atoms with Crippen LogP contribution in [0.5, 0.6) is 0 Å². The molecular formula is C25H23ClFN3O3. The second kappa shape index (κ2) is 9.50. The molecule has 0 saturated carbocycles. The van der Waals surface area contributed by atoms with Gasteiger partial charge in [-0.15, -0.1) is 0 Å². The van der Waals surface area contributed by atoms with Crippen LogP contribution in [0.2, 0.25) is 5.02 Å². The van der Waals surface area contributed by atoms with E-state index in [1.165, 1.54) is 30.3 Å². The molecule has 4 rings (SSSR count). The van der Waals surface area contributed by atoms with Gasteiger partial charge in [0.15, 0.2) is 0 Å². The van der Waals surface area contributed by atoms with Crippen molar-refractivity contribution >= 4 is 40.5 Å². The van der Waals surface area contributed by atoms with Crippen LogP contribution in [-0.2, 0) is 0 Å². The van der Waals surface area contributed by atoms with E-state index in [-0.39, 0.29) is 11.1 Å². The third-order valence-corrected chi connectivity index (χ3v) is 5.96. The molecule has 0 atom stereocenters. The van der Waals surface area contributed by atoms with Gasteiger partial charge in [0.05, 0.1) is 11.3 Å². The Hall–Kier alpha value is -3.58. The lowest BCUT2D eigenvalue weighted by Crippen LogP contribution is -2.47. The Balaban J connectivity index is 1.49. The number of rotatable bonds is 5. The van der Waals surface area contributed by atoms with Crippen molar-refractivity contribution in [1.82, 2.24) is 0 Å². The molecule has 0 spiro atoms. The number of carboxylic acids is 1. The number of hydrogen-bond donors (Lipinski definition) is 2. The lowest BCUT2D eigenvalue weighted by atomic mass is 10.1. The number of carbonyl (C=O) groups is 2. The fraction of sp³-hybridized carbons (Fsp3) is 0.200. The largest absolute Gasteiger partial charge is 0.478 e. The molecule has 1 aliphatic rings. The normalized spacial score (nSPS) is 13.7. The van der Waals surface area contributed by atoms with Gasteiger partial charge in [-0.25, -0.2) is 9.18 Å². The fourth-order valence-electron chi connectivity index (χ4n) is 3.98. The number of nitrogens with zero attached hydrogens (tertiary/aromatic N) is 2. The maximum atomic E-state index is 13.1. The number of aryl methyl sites for hydroxylation is 1. The van der Waals surface area contributed by atoms with Gasteiger partial charge in [0.25, 0.3) is 5.91 Å². The molecule has 33 heavy (non-hydrogen) atoms. The van der Waals surface area contributed by atoms with Gasteiger partial charge in [-0.05, 0) is 67.1 Å². The molecular weight excluding hydrogens is 445 g/mol. The van der Waals surface area contributed by atoms with Crippen LogP contribution in [0.1, 0.15) is 26.3 Å². The van der Waals surface area contributed by atoms with E-state index < -0.39 is 17.7 Å². The fourth-order valence-corrected chi connectivity index (χ4v) is 4.14. The first kappa shape index (κ1) is 22.6. The SMILES string of the molecule is Cc1ccc(Cl)cc1N1CCN(c2ccc(NC(=O)c3ccc(F)cc3)cc2C(=O)O)CC1. The Morgan fingerprint density at radius 1 is 0.909 bits per heavy atom. The van der Waals surface area contributed by atoms with Crippen molar-refractivity contribution in [2.75, 3.05) is 41.3 Å². The Morgan fingerprint density at radius 2 is 1.55 bits per heavy atom. The van der Waals surface area contributed by atoms with Crippen molar-refractivity contribution in [2.45, 2.75) is 6.92 Å². The van der Waals surface area contributed by atoms with Crippen molar-refractivity contribution < 1.29 is 19.1 Å². The van der Waals surface area contributed by atoms with Crippen LogP contribution < -0.4 is 15.1 Å². The summed E-state index contributed by atoms with van der Waals surface area (Å²) in [6.45, 7) is 4.78. The minimum Gasteiger partial charge on any atom is -0.478 e. The third kappa shape index (κ3) is 5.09. The van der Waals surface area contributed by atoms with Gasteiger partial charge in [-0.1, -0.05) is 17.7 Å². The number of amides is 1. The van der Waals surface area contributed by atoms with E-state index in [1.54, 1.807) is 12.1 Å². The summed E-state index contributed by atoms with van der Waals surface area (Å²) in [5.41, 5.74) is 3.58. The number of halogens is 2. The number of anilines is 3. The summed E-state index contributed by atoms with van der Waals surface area (Å²) in [6, 6.07) is 15.8. The Morgan fingerprint density at radius 3 is 2.18 bits per heavy atom. The number of aromatic carboxylic acids is 1. The Kier molecular flexibility index (Phi) is 6.51. The molecule has 0 aliphatic carbocycles. The number of nitrogens with one attached hydrogen (secondary N) is 1. The maximum absolute atomic E-state index is 13.1. The molecule has 170 valence electrons. The average molecular weight is 468 g/mol. The number of carboxylic acid groups (broad SMARTS) is 1. The predicted molar refractivity (Wildman–Crippen MR) is 128 cm³/mol. The first-order valence-corrected chi connectivity index (χ1v) is 10.9. The number of benzene rings is 3. The molecule has 1 saturated heterocycles. The van der Waals surface area contributed by atoms with E-state index in [4.69, 9.17) is 11.6 Å². The number of carbonyl (C=O) groups excluding carboxylic acids is 1. The number of hydrogen-bond acceptors (Lipinski definition) is 4. The molecule has 1 heterocycles. The first-order valence-electron chi connectivity index (χ1n) is 10.5. The summed E-state index contributed by atoms with van der Waals surface area (Å²) in [4.78, 5) is 28.7. The molecule has 0 radical (unpaired) electrons. The van der Waals surface area contributed by atoms with E-state index in [1.807, 2.05) is 30.0 Å². The zero-order valence-electron chi connectivity index (χ0n) is 18.0. The van der Waals surface area contributed by atoms with E-state index in [0.29, 0.717) is 29.5 Å². The highest BCUT2D eigenvalue weighted by Crippen LogP contribution is 2.29. The van der Waals surface area contributed by atoms with Crippen LogP contribution in [0.3, 0.4) is 0 Å². The molecule has 0 bridgehead atoms. The monoisotopic (exact) mass is 467 g/mol. The summed E-state index contributed by atoms with van der Waals surface area (Å²) in [5, 5.41) is 13.2. The topological polar surface area (TPSA) is 72.9 Å². The second-order valence-corrected chi connectivity index (χ2v) is 8.34. The van der Waals surface area contributed by atoms with Gasteiger partial charge in [0.2, 0.25) is 0 Å². The second-order valence-electron chi connectivity index (χ2n) is 7.90. The van der Waals surface area contributed by atoms with Crippen LogP contribution in [0, 0.1) is 12.7 Å². The molecule has 2 N–H and O–H groups in total. The molecule has 0 unspecified atom stereocenters. The van der Waals surface area contributed by atoms with E-state index in [0.717, 1.165) is 24.3 Å². The van der Waals surface area contributed by atoms with Crippen molar-refractivity contribution in [3.63, 3.8) is 0 Å². The van der Waals surface area contributed by atoms with Crippen molar-refractivity contribution in [3.8, 4) is 0 Å². The van der Waals surface area contributed by atoms with Crippen molar-refractivity contribution in [1.29, 1.82) is 0 Å². The van der Waals surface area contributed by atoms with Gasteiger partial charge in [-0.3, -0.25) is 4.79 Å². The first-order chi connectivity index (χ1) is 15.8. The van der Waals surface area contributed by atoms with Gasteiger partial charge in [-0.2, -0.15) is 0 Å². The van der Waals surface area contributed by atoms with E-state index in [9.17, 15) is 19.1 Å². The van der Waals surface area contributed by atoms with Crippen LogP contribution in [0.25, 0.3) is 0 Å². The highest BCUT2D eigenvalue weighted by Gasteiger charge is 2.23. The van der Waals surface area contributed by atoms with Crippen LogP contribution >= 0.6 is 11.6 Å². The quantitative estimate of drug-likeness (QED) is 0.548. The molecule has 3 aromatic carbocycles. The van der Waals surface area contributed by atoms with E-state index >= 15 is 0 Å². The van der Waals surface area contributed by atoms with Crippen LogP contribution in [0.15, 0.2) is 60.7 Å². The standard InChI is InChI=1S/C25H23ClFN3O3/c1-16-2-5-18(26)14-23(16)30-12-10-29(11-13-30)22-9-8-20(15-21(22)25(32)33)28-24(31)17-3-6-19(27)7-4-17/h2-9,14-15H,10-13H2,1H3,(H,28,31)(H,32,33). The maximum Gasteiger partial charge on any atom is 0.337 e. The van der Waals surface area contributed by atoms with E-state index in [2.05, 4.69) is 10.2 Å². The lowest BCUT2D eigenvalue weighted by molar-refractivity contribution is 0.0697. The summed E-state index contributed by atoms with van der Waals surface area (Å²) in [6.07, 6.45) is 0. The summed E-state index contributed by atoms with van der Waals surface area (Å²) in [5.74, 6) is -1.95. The van der Waals surface area contributed by atoms with Crippen LogP contribution in [0.4, 0.5) is 21.5 Å². The summed E-state index contributed by atoms with van der Waals surface area (Å²) < 4.78 is 13.1. The zero-order valence-corrected chi connectivity index (χ0v) is 18.8. The molecule has 6 nitrogen and oxygen atoms in total. The van der Waals surface area contributed by atoms with Gasteiger partial charge < -0.3 is 20.2 Å². The van der Waals surface area contributed by atoms with Gasteiger partial charge in [0, 0.05) is 48.1 Å². The Bertz CT molecular complexity index is 1190. The minimum atomic E-state index is -1.07. The predicted octanol–water partition coefficient (Wildman–Crippen LogP) is 5.06. The molecule has 3 aromatic rings. The zero-order chi connectivity index (χ0) is 23.5. The third-order valence-electron chi connectivity index (χ3n) is 5.72. The Labute approximate surface area is 196 Å². The summed E-state index contributed by atoms with van der Waals surface area (Å²) in [7, 11) is 0. The van der Waals surface area contributed by atoms with Crippen LogP contribution in [-0.4, -0.2) is 43.2 Å². The smallest absolute Gasteiger partial charge is 0.337 e. The van der Waals surface area contributed by atoms with Crippen molar-refractivity contribution in [3.05, 3.63) is 88.2 Å². The molecule has 1 aliphatic heterocycles. The van der Waals surface area contributed by atoms with Gasteiger partial charge >= 0.3 is 5.97 Å². The minimum absolute atomic E-state index is 0.110. The lowest BCUT2D eigenvalue weighted by Gasteiger charge is -2.38. The van der Waals surface area contributed by atoms with Crippen molar-refractivity contribution in [2.24, 2.45) is 0 Å². The molecule has 1 fully saturated rings. The highest BCUT2D eigenvalue weighted by molar-refractivity contribution is 6.30. The molecule has 0 aromatic heterocycles. The number of piperazine rings is 1. The van der Waals surface area contributed by atoms with Gasteiger partial charge in [0.1, 0.15) is 5.82 Å². The molecule has 8 heteroatoms. The molecule has 1 amide bonds. The highest BCUT2D eigenvalue weighted by atomic mass is 35.5. The summed E-state index contributed by atoms with van der Waals surface area (Å²) >= 11 is 6.16.